The summed E-state index contributed by atoms with van der Waals surface area (Å²) in [6, 6.07) is 7.59. The Hall–Kier alpha value is -1.76. The van der Waals surface area contributed by atoms with Crippen molar-refractivity contribution in [1.82, 2.24) is 25.5 Å². The third kappa shape index (κ3) is 2.88. The SMILES string of the molecule is CC(=O)NCc1nnnn1-c1cccc(Br)c1. The number of hydrogen-bond acceptors (Lipinski definition) is 4. The molecule has 0 aliphatic carbocycles. The van der Waals surface area contributed by atoms with Gasteiger partial charge in [0.25, 0.3) is 0 Å². The molecule has 0 fully saturated rings. The number of hydrogen-bond donors (Lipinski definition) is 1. The summed E-state index contributed by atoms with van der Waals surface area (Å²) in [5, 5.41) is 14.0. The highest BCUT2D eigenvalue weighted by molar-refractivity contribution is 9.10. The first-order valence-corrected chi connectivity index (χ1v) is 5.74. The number of tetrazole rings is 1. The fourth-order valence-corrected chi connectivity index (χ4v) is 1.72. The maximum Gasteiger partial charge on any atom is 0.217 e. The molecule has 88 valence electrons. The van der Waals surface area contributed by atoms with Gasteiger partial charge in [-0.15, -0.1) is 5.10 Å². The monoisotopic (exact) mass is 295 g/mol. The number of amides is 1. The van der Waals surface area contributed by atoms with Crippen LogP contribution in [0.25, 0.3) is 5.69 Å². The maximum atomic E-state index is 10.8. The molecule has 1 aromatic heterocycles. The van der Waals surface area contributed by atoms with Crippen molar-refractivity contribution >= 4 is 21.8 Å². The Labute approximate surface area is 106 Å². The molecular weight excluding hydrogens is 286 g/mol. The minimum atomic E-state index is -0.117. The van der Waals surface area contributed by atoms with Crippen LogP contribution in [0.5, 0.6) is 0 Å². The molecule has 1 N–H and O–H groups in total. The van der Waals surface area contributed by atoms with Crippen LogP contribution < -0.4 is 5.32 Å². The van der Waals surface area contributed by atoms with Crippen LogP contribution in [-0.2, 0) is 11.3 Å². The van der Waals surface area contributed by atoms with Gasteiger partial charge in [0.2, 0.25) is 5.91 Å². The largest absolute Gasteiger partial charge is 0.349 e. The van der Waals surface area contributed by atoms with E-state index in [-0.39, 0.29) is 5.91 Å². The molecule has 7 heteroatoms. The second-order valence-electron chi connectivity index (χ2n) is 3.40. The van der Waals surface area contributed by atoms with Crippen LogP contribution in [0.1, 0.15) is 12.7 Å². The molecule has 17 heavy (non-hydrogen) atoms. The standard InChI is InChI=1S/C10H10BrN5O/c1-7(17)12-6-10-13-14-15-16(10)9-4-2-3-8(11)5-9/h2-5H,6H2,1H3,(H,12,17). The quantitative estimate of drug-likeness (QED) is 0.919. The van der Waals surface area contributed by atoms with E-state index in [4.69, 9.17) is 0 Å². The van der Waals surface area contributed by atoms with Gasteiger partial charge in [0.15, 0.2) is 5.82 Å². The van der Waals surface area contributed by atoms with Gasteiger partial charge in [-0.25, -0.2) is 0 Å². The van der Waals surface area contributed by atoms with Crippen molar-refractivity contribution in [2.24, 2.45) is 0 Å². The highest BCUT2D eigenvalue weighted by atomic mass is 79.9. The minimum absolute atomic E-state index is 0.117. The van der Waals surface area contributed by atoms with Gasteiger partial charge in [0.05, 0.1) is 12.2 Å². The predicted molar refractivity (Wildman–Crippen MR) is 64.4 cm³/mol. The van der Waals surface area contributed by atoms with E-state index in [0.717, 1.165) is 10.2 Å². The third-order valence-electron chi connectivity index (χ3n) is 2.08. The molecule has 2 rings (SSSR count). The second kappa shape index (κ2) is 5.05. The van der Waals surface area contributed by atoms with E-state index in [1.165, 1.54) is 6.92 Å². The number of aromatic nitrogens is 4. The van der Waals surface area contributed by atoms with Crippen molar-refractivity contribution in [3.63, 3.8) is 0 Å². The molecule has 0 aliphatic heterocycles. The van der Waals surface area contributed by atoms with Crippen LogP contribution in [0.4, 0.5) is 0 Å². The molecule has 0 radical (unpaired) electrons. The first-order valence-electron chi connectivity index (χ1n) is 4.94. The molecular formula is C10H10BrN5O. The Morgan fingerprint density at radius 2 is 2.35 bits per heavy atom. The Kier molecular flexibility index (Phi) is 3.48. The van der Waals surface area contributed by atoms with Gasteiger partial charge in [-0.3, -0.25) is 4.79 Å². The Morgan fingerprint density at radius 1 is 1.53 bits per heavy atom. The van der Waals surface area contributed by atoms with Crippen molar-refractivity contribution in [1.29, 1.82) is 0 Å². The third-order valence-corrected chi connectivity index (χ3v) is 2.58. The van der Waals surface area contributed by atoms with Crippen molar-refractivity contribution < 1.29 is 4.79 Å². The fraction of sp³-hybridized carbons (Fsp3) is 0.200. The minimum Gasteiger partial charge on any atom is -0.349 e. The summed E-state index contributed by atoms with van der Waals surface area (Å²) in [5.41, 5.74) is 0.838. The lowest BCUT2D eigenvalue weighted by atomic mass is 10.3. The fourth-order valence-electron chi connectivity index (χ4n) is 1.33. The van der Waals surface area contributed by atoms with Crippen molar-refractivity contribution in [2.75, 3.05) is 0 Å². The number of halogens is 1. The Bertz CT molecular complexity index is 539. The molecule has 1 aromatic carbocycles. The number of nitrogens with one attached hydrogen (secondary N) is 1. The van der Waals surface area contributed by atoms with Crippen LogP contribution in [0, 0.1) is 0 Å². The van der Waals surface area contributed by atoms with Crippen LogP contribution in [0.2, 0.25) is 0 Å². The van der Waals surface area contributed by atoms with E-state index in [0.29, 0.717) is 12.4 Å². The summed E-state index contributed by atoms with van der Waals surface area (Å²) < 4.78 is 2.52. The lowest BCUT2D eigenvalue weighted by Crippen LogP contribution is -2.21. The number of carbonyl (C=O) groups excluding carboxylic acids is 1. The van der Waals surface area contributed by atoms with E-state index in [9.17, 15) is 4.79 Å². The topological polar surface area (TPSA) is 72.7 Å². The van der Waals surface area contributed by atoms with Crippen LogP contribution >= 0.6 is 15.9 Å². The normalized spacial score (nSPS) is 10.2. The van der Waals surface area contributed by atoms with Gasteiger partial charge in [0.1, 0.15) is 0 Å². The van der Waals surface area contributed by atoms with E-state index in [2.05, 4.69) is 36.8 Å². The van der Waals surface area contributed by atoms with E-state index >= 15 is 0 Å². The summed E-state index contributed by atoms with van der Waals surface area (Å²) in [6.45, 7) is 1.75. The van der Waals surface area contributed by atoms with Gasteiger partial charge in [-0.05, 0) is 28.6 Å². The van der Waals surface area contributed by atoms with Crippen molar-refractivity contribution in [2.45, 2.75) is 13.5 Å². The van der Waals surface area contributed by atoms with E-state index < -0.39 is 0 Å². The molecule has 0 unspecified atom stereocenters. The summed E-state index contributed by atoms with van der Waals surface area (Å²) in [4.78, 5) is 10.8. The van der Waals surface area contributed by atoms with Crippen molar-refractivity contribution in [3.05, 3.63) is 34.6 Å². The molecule has 0 bridgehead atoms. The van der Waals surface area contributed by atoms with Gasteiger partial charge < -0.3 is 5.32 Å². The number of benzene rings is 1. The second-order valence-corrected chi connectivity index (χ2v) is 4.31. The number of nitrogens with zero attached hydrogens (tertiary/aromatic N) is 4. The maximum absolute atomic E-state index is 10.8. The average Bonchev–Trinajstić information content (AvgIpc) is 2.74. The summed E-state index contributed by atoms with van der Waals surface area (Å²) >= 11 is 3.38. The molecule has 1 heterocycles. The predicted octanol–water partition coefficient (Wildman–Crippen LogP) is 1.06. The summed E-state index contributed by atoms with van der Waals surface area (Å²) in [7, 11) is 0. The first kappa shape index (κ1) is 11.7. The number of rotatable bonds is 3. The summed E-state index contributed by atoms with van der Waals surface area (Å²) in [6.07, 6.45) is 0. The van der Waals surface area contributed by atoms with Gasteiger partial charge >= 0.3 is 0 Å². The molecule has 6 nitrogen and oxygen atoms in total. The molecule has 2 aromatic rings. The molecule has 0 saturated heterocycles. The molecule has 0 spiro atoms. The van der Waals surface area contributed by atoms with Crippen LogP contribution in [0.15, 0.2) is 28.7 Å². The van der Waals surface area contributed by atoms with Gasteiger partial charge in [-0.1, -0.05) is 22.0 Å². The lowest BCUT2D eigenvalue weighted by molar-refractivity contribution is -0.119. The zero-order valence-corrected chi connectivity index (χ0v) is 10.7. The Balaban J connectivity index is 2.27. The molecule has 0 atom stereocenters. The lowest BCUT2D eigenvalue weighted by Gasteiger charge is -2.05. The summed E-state index contributed by atoms with van der Waals surface area (Å²) in [5.74, 6) is 0.465. The van der Waals surface area contributed by atoms with Crippen LogP contribution in [0.3, 0.4) is 0 Å². The van der Waals surface area contributed by atoms with Crippen molar-refractivity contribution in [3.8, 4) is 5.69 Å². The smallest absolute Gasteiger partial charge is 0.217 e. The zero-order chi connectivity index (χ0) is 12.3. The zero-order valence-electron chi connectivity index (χ0n) is 9.09. The molecule has 1 amide bonds. The Morgan fingerprint density at radius 3 is 3.06 bits per heavy atom. The molecule has 0 aliphatic rings. The number of carbonyl (C=O) groups is 1. The van der Waals surface area contributed by atoms with E-state index in [1.807, 2.05) is 24.3 Å². The van der Waals surface area contributed by atoms with Crippen LogP contribution in [-0.4, -0.2) is 26.1 Å². The molecule has 0 saturated carbocycles. The highest BCUT2D eigenvalue weighted by Gasteiger charge is 2.08. The average molecular weight is 296 g/mol. The van der Waals surface area contributed by atoms with E-state index in [1.54, 1.807) is 4.68 Å². The van der Waals surface area contributed by atoms with Gasteiger partial charge in [0, 0.05) is 11.4 Å². The highest BCUT2D eigenvalue weighted by Crippen LogP contribution is 2.15. The first-order chi connectivity index (χ1) is 8.16. The van der Waals surface area contributed by atoms with Gasteiger partial charge in [-0.2, -0.15) is 4.68 Å².